The SMILES string of the molecule is CCN1C[C@@H](C)N(C(=O)OC(C)(C)C)C[C@@H]1C(N)=O. The summed E-state index contributed by atoms with van der Waals surface area (Å²) in [4.78, 5) is 27.2. The lowest BCUT2D eigenvalue weighted by atomic mass is 10.1. The molecule has 0 unspecified atom stereocenters. The van der Waals surface area contributed by atoms with E-state index >= 15 is 0 Å². The zero-order valence-electron chi connectivity index (χ0n) is 12.5. The molecule has 1 fully saturated rings. The lowest BCUT2D eigenvalue weighted by Gasteiger charge is -2.43. The van der Waals surface area contributed by atoms with E-state index in [-0.39, 0.29) is 12.1 Å². The van der Waals surface area contributed by atoms with Crippen molar-refractivity contribution in [3.8, 4) is 0 Å². The second-order valence-corrected chi connectivity index (χ2v) is 5.99. The average Bonchev–Trinajstić information content (AvgIpc) is 2.25. The number of hydrogen-bond acceptors (Lipinski definition) is 4. The number of hydrogen-bond donors (Lipinski definition) is 1. The molecule has 0 aromatic carbocycles. The van der Waals surface area contributed by atoms with Gasteiger partial charge in [-0.25, -0.2) is 4.79 Å². The van der Waals surface area contributed by atoms with Crippen molar-refractivity contribution in [3.63, 3.8) is 0 Å². The highest BCUT2D eigenvalue weighted by Gasteiger charge is 2.37. The summed E-state index contributed by atoms with van der Waals surface area (Å²) in [6.45, 7) is 11.1. The number of nitrogens with two attached hydrogens (primary N) is 1. The van der Waals surface area contributed by atoms with Crippen LogP contribution in [0.3, 0.4) is 0 Å². The fraction of sp³-hybridized carbons (Fsp3) is 0.846. The Kier molecular flexibility index (Phi) is 4.79. The summed E-state index contributed by atoms with van der Waals surface area (Å²) in [6, 6.07) is -0.431. The van der Waals surface area contributed by atoms with Crippen LogP contribution in [0.25, 0.3) is 0 Å². The van der Waals surface area contributed by atoms with Crippen molar-refractivity contribution in [2.45, 2.75) is 52.3 Å². The molecule has 6 nitrogen and oxygen atoms in total. The van der Waals surface area contributed by atoms with Crippen molar-refractivity contribution in [1.29, 1.82) is 0 Å². The van der Waals surface area contributed by atoms with Gasteiger partial charge in [-0.2, -0.15) is 0 Å². The van der Waals surface area contributed by atoms with E-state index in [1.807, 2.05) is 39.5 Å². The molecular weight excluding hydrogens is 246 g/mol. The summed E-state index contributed by atoms with van der Waals surface area (Å²) < 4.78 is 5.36. The molecule has 110 valence electrons. The van der Waals surface area contributed by atoms with Gasteiger partial charge < -0.3 is 15.4 Å². The van der Waals surface area contributed by atoms with Gasteiger partial charge in [0, 0.05) is 19.1 Å². The fourth-order valence-corrected chi connectivity index (χ4v) is 2.24. The summed E-state index contributed by atoms with van der Waals surface area (Å²) in [6.07, 6.45) is -0.387. The standard InChI is InChI=1S/C13H25N3O3/c1-6-15-7-9(2)16(8-10(15)11(14)17)12(18)19-13(3,4)5/h9-10H,6-8H2,1-5H3,(H2,14,17)/t9-,10-/m1/s1. The number of rotatable bonds is 2. The molecule has 0 radical (unpaired) electrons. The number of primary amides is 1. The van der Waals surface area contributed by atoms with Crippen molar-refractivity contribution < 1.29 is 14.3 Å². The lowest BCUT2D eigenvalue weighted by molar-refractivity contribution is -0.126. The molecule has 1 rings (SSSR count). The summed E-state index contributed by atoms with van der Waals surface area (Å²) in [5.41, 5.74) is 4.87. The largest absolute Gasteiger partial charge is 0.444 e. The Hall–Kier alpha value is -1.30. The number of ether oxygens (including phenoxy) is 1. The normalized spacial score (nSPS) is 25.2. The molecule has 0 aromatic heterocycles. The van der Waals surface area contributed by atoms with Gasteiger partial charge >= 0.3 is 6.09 Å². The first-order chi connectivity index (χ1) is 8.65. The topological polar surface area (TPSA) is 75.9 Å². The Morgan fingerprint density at radius 2 is 1.89 bits per heavy atom. The van der Waals surface area contributed by atoms with Gasteiger partial charge in [-0.1, -0.05) is 6.92 Å². The van der Waals surface area contributed by atoms with Crippen molar-refractivity contribution in [2.24, 2.45) is 5.73 Å². The highest BCUT2D eigenvalue weighted by Crippen LogP contribution is 2.18. The molecule has 0 bridgehead atoms. The number of amides is 2. The Bertz CT molecular complexity index is 352. The van der Waals surface area contributed by atoms with Crippen LogP contribution in [0, 0.1) is 0 Å². The van der Waals surface area contributed by atoms with E-state index < -0.39 is 17.6 Å². The maximum atomic E-state index is 12.1. The molecule has 2 N–H and O–H groups in total. The van der Waals surface area contributed by atoms with Gasteiger partial charge in [0.05, 0.1) is 0 Å². The molecule has 1 saturated heterocycles. The molecule has 0 aliphatic carbocycles. The minimum atomic E-state index is -0.541. The second kappa shape index (κ2) is 5.77. The first-order valence-corrected chi connectivity index (χ1v) is 6.68. The highest BCUT2D eigenvalue weighted by atomic mass is 16.6. The Morgan fingerprint density at radius 1 is 1.32 bits per heavy atom. The molecule has 1 aliphatic rings. The molecule has 6 heteroatoms. The summed E-state index contributed by atoms with van der Waals surface area (Å²) in [5.74, 6) is -0.401. The Balaban J connectivity index is 2.79. The lowest BCUT2D eigenvalue weighted by Crippen LogP contribution is -2.62. The third kappa shape index (κ3) is 4.09. The number of carbonyl (C=O) groups excluding carboxylic acids is 2. The maximum Gasteiger partial charge on any atom is 0.410 e. The summed E-state index contributed by atoms with van der Waals surface area (Å²) in [7, 11) is 0. The molecule has 1 heterocycles. The van der Waals surface area contributed by atoms with E-state index in [0.717, 1.165) is 6.54 Å². The van der Waals surface area contributed by atoms with Crippen LogP contribution in [0.5, 0.6) is 0 Å². The van der Waals surface area contributed by atoms with Crippen LogP contribution in [0.15, 0.2) is 0 Å². The predicted octanol–water partition coefficient (Wildman–Crippen LogP) is 0.801. The van der Waals surface area contributed by atoms with Crippen LogP contribution in [0.2, 0.25) is 0 Å². The van der Waals surface area contributed by atoms with E-state index in [9.17, 15) is 9.59 Å². The van der Waals surface area contributed by atoms with E-state index in [2.05, 4.69) is 0 Å². The van der Waals surface area contributed by atoms with Gasteiger partial charge in [0.15, 0.2) is 0 Å². The fourth-order valence-electron chi connectivity index (χ4n) is 2.24. The molecule has 2 atom stereocenters. The van der Waals surface area contributed by atoms with Crippen LogP contribution in [0.1, 0.15) is 34.6 Å². The van der Waals surface area contributed by atoms with Gasteiger partial charge in [0.2, 0.25) is 5.91 Å². The first-order valence-electron chi connectivity index (χ1n) is 6.68. The van der Waals surface area contributed by atoms with Gasteiger partial charge in [-0.05, 0) is 34.2 Å². The van der Waals surface area contributed by atoms with Crippen molar-refractivity contribution in [3.05, 3.63) is 0 Å². The first kappa shape index (κ1) is 15.8. The quantitative estimate of drug-likeness (QED) is 0.806. The van der Waals surface area contributed by atoms with E-state index in [1.165, 1.54) is 0 Å². The average molecular weight is 271 g/mol. The predicted molar refractivity (Wildman–Crippen MR) is 72.6 cm³/mol. The third-order valence-corrected chi connectivity index (χ3v) is 3.20. The second-order valence-electron chi connectivity index (χ2n) is 5.99. The van der Waals surface area contributed by atoms with Crippen molar-refractivity contribution >= 4 is 12.0 Å². The molecule has 0 spiro atoms. The molecule has 2 amide bonds. The van der Waals surface area contributed by atoms with E-state index in [1.54, 1.807) is 4.90 Å². The van der Waals surface area contributed by atoms with Crippen molar-refractivity contribution in [2.75, 3.05) is 19.6 Å². The van der Waals surface area contributed by atoms with E-state index in [0.29, 0.717) is 13.1 Å². The number of carbonyl (C=O) groups is 2. The summed E-state index contributed by atoms with van der Waals surface area (Å²) in [5, 5.41) is 0. The van der Waals surface area contributed by atoms with Gasteiger partial charge in [0.25, 0.3) is 0 Å². The van der Waals surface area contributed by atoms with Crippen LogP contribution >= 0.6 is 0 Å². The van der Waals surface area contributed by atoms with Gasteiger partial charge in [-0.3, -0.25) is 9.69 Å². The number of nitrogens with zero attached hydrogens (tertiary/aromatic N) is 2. The minimum absolute atomic E-state index is 0.00500. The monoisotopic (exact) mass is 271 g/mol. The zero-order valence-corrected chi connectivity index (χ0v) is 12.5. The van der Waals surface area contributed by atoms with E-state index in [4.69, 9.17) is 10.5 Å². The third-order valence-electron chi connectivity index (χ3n) is 3.20. The molecular formula is C13H25N3O3. The van der Waals surface area contributed by atoms with Crippen molar-refractivity contribution in [1.82, 2.24) is 9.80 Å². The molecule has 1 aliphatic heterocycles. The minimum Gasteiger partial charge on any atom is -0.444 e. The van der Waals surface area contributed by atoms with Crippen LogP contribution in [-0.2, 0) is 9.53 Å². The molecule has 19 heavy (non-hydrogen) atoms. The van der Waals surface area contributed by atoms with Gasteiger partial charge in [-0.15, -0.1) is 0 Å². The van der Waals surface area contributed by atoms with Crippen LogP contribution in [0.4, 0.5) is 4.79 Å². The molecule has 0 saturated carbocycles. The summed E-state index contributed by atoms with van der Waals surface area (Å²) >= 11 is 0. The number of piperazine rings is 1. The maximum absolute atomic E-state index is 12.1. The molecule has 0 aromatic rings. The van der Waals surface area contributed by atoms with Crippen LogP contribution < -0.4 is 5.73 Å². The highest BCUT2D eigenvalue weighted by molar-refractivity contribution is 5.81. The van der Waals surface area contributed by atoms with Crippen LogP contribution in [-0.4, -0.2) is 59.1 Å². The Labute approximate surface area is 114 Å². The van der Waals surface area contributed by atoms with Gasteiger partial charge in [0.1, 0.15) is 11.6 Å². The zero-order chi connectivity index (χ0) is 14.8. The number of likely N-dealkylation sites (N-methyl/N-ethyl adjacent to an activating group) is 1. The smallest absolute Gasteiger partial charge is 0.410 e. The Morgan fingerprint density at radius 3 is 2.32 bits per heavy atom.